The number of rotatable bonds is 8. The Labute approximate surface area is 289 Å². The molecule has 50 heavy (non-hydrogen) atoms. The first-order valence-electron chi connectivity index (χ1n) is 17.7. The molecule has 0 spiro atoms. The molecule has 0 saturated carbocycles. The fourth-order valence-electron chi connectivity index (χ4n) is 8.71. The maximum atomic E-state index is 17.7. The number of hydrogen-bond donors (Lipinski definition) is 1. The zero-order valence-corrected chi connectivity index (χ0v) is 28.5. The number of ether oxygens (including phenoxy) is 2. The Morgan fingerprint density at radius 1 is 1.04 bits per heavy atom. The second-order valence-corrected chi connectivity index (χ2v) is 14.3. The van der Waals surface area contributed by atoms with Gasteiger partial charge in [-0.25, -0.2) is 9.49 Å². The molecule has 10 nitrogen and oxygen atoms in total. The van der Waals surface area contributed by atoms with Crippen LogP contribution in [0.2, 0.25) is 0 Å². The van der Waals surface area contributed by atoms with Gasteiger partial charge < -0.3 is 19.3 Å². The van der Waals surface area contributed by atoms with Crippen molar-refractivity contribution in [3.8, 4) is 5.75 Å². The van der Waals surface area contributed by atoms with Crippen molar-refractivity contribution >= 4 is 11.6 Å². The van der Waals surface area contributed by atoms with Crippen molar-refractivity contribution < 1.29 is 31.8 Å². The molecule has 0 radical (unpaired) electrons. The standard InChI is InChI=1S/C36H45F4N7O3/c1-3-23-19-46(34(48)35(37)22-47(27-12-16-50-17-13-27)21-31(35)24-4-7-28(49-2)8-5-24)20-30(23)29-9-6-26(36(38,39)40)18-32(29)45-14-10-25(11-15-45)33-41-43-44-42-33/h4-9,18,23,25,27,30-31H,3,10-17,19-22H2,1-2H3,(H,41,42,43,44)/t23-,30-,31-,35-/m0/s1. The van der Waals surface area contributed by atoms with Gasteiger partial charge in [0.15, 0.2) is 5.82 Å². The average molecular weight is 700 g/mol. The molecule has 1 aromatic heterocycles. The van der Waals surface area contributed by atoms with Gasteiger partial charge >= 0.3 is 6.18 Å². The molecule has 4 aliphatic rings. The zero-order chi connectivity index (χ0) is 35.0. The lowest BCUT2D eigenvalue weighted by Gasteiger charge is -2.36. The number of halogens is 4. The van der Waals surface area contributed by atoms with E-state index in [1.165, 1.54) is 6.07 Å². The topological polar surface area (TPSA) is 99.7 Å². The number of amides is 1. The van der Waals surface area contributed by atoms with Crippen LogP contribution in [0.4, 0.5) is 23.2 Å². The third kappa shape index (κ3) is 6.68. The second kappa shape index (κ2) is 14.1. The number of carbonyl (C=O) groups excluding carboxylic acids is 1. The van der Waals surface area contributed by atoms with E-state index >= 15 is 4.39 Å². The van der Waals surface area contributed by atoms with Gasteiger partial charge in [0.2, 0.25) is 5.67 Å². The number of carbonyl (C=O) groups is 1. The molecule has 4 atom stereocenters. The summed E-state index contributed by atoms with van der Waals surface area (Å²) in [6, 6.07) is 11.4. The van der Waals surface area contributed by atoms with Crippen LogP contribution < -0.4 is 9.64 Å². The summed E-state index contributed by atoms with van der Waals surface area (Å²) in [6.45, 7) is 5.31. The van der Waals surface area contributed by atoms with Crippen LogP contribution in [0.5, 0.6) is 5.75 Å². The van der Waals surface area contributed by atoms with E-state index < -0.39 is 29.2 Å². The van der Waals surface area contributed by atoms with Crippen molar-refractivity contribution in [1.82, 2.24) is 30.4 Å². The van der Waals surface area contributed by atoms with Crippen molar-refractivity contribution in [3.05, 3.63) is 65.0 Å². The number of tetrazole rings is 1. The largest absolute Gasteiger partial charge is 0.497 e. The normalized spacial score (nSPS) is 27.3. The fourth-order valence-corrected chi connectivity index (χ4v) is 8.71. The number of nitrogens with one attached hydrogen (secondary N) is 1. The van der Waals surface area contributed by atoms with Crippen LogP contribution in [0, 0.1) is 5.92 Å². The highest BCUT2D eigenvalue weighted by atomic mass is 19.4. The first-order valence-corrected chi connectivity index (χ1v) is 17.7. The Balaban J connectivity index is 1.17. The van der Waals surface area contributed by atoms with E-state index in [1.807, 2.05) is 24.0 Å². The van der Waals surface area contributed by atoms with Gasteiger partial charge in [-0.3, -0.25) is 9.69 Å². The minimum absolute atomic E-state index is 0.00760. The molecule has 4 aliphatic heterocycles. The second-order valence-electron chi connectivity index (χ2n) is 14.3. The smallest absolute Gasteiger partial charge is 0.416 e. The number of likely N-dealkylation sites (tertiary alicyclic amines) is 2. The highest BCUT2D eigenvalue weighted by molar-refractivity contribution is 5.88. The van der Waals surface area contributed by atoms with E-state index in [0.29, 0.717) is 75.9 Å². The van der Waals surface area contributed by atoms with E-state index in [1.54, 1.807) is 30.2 Å². The molecule has 0 bridgehead atoms. The number of benzene rings is 2. The molecule has 1 amide bonds. The molecule has 5 heterocycles. The lowest BCUT2D eigenvalue weighted by atomic mass is 9.84. The minimum atomic E-state index is -4.51. The van der Waals surface area contributed by atoms with Crippen LogP contribution in [0.25, 0.3) is 0 Å². The molecule has 1 N–H and O–H groups in total. The molecule has 4 saturated heterocycles. The number of aromatic amines is 1. The molecule has 0 unspecified atom stereocenters. The van der Waals surface area contributed by atoms with Gasteiger partial charge in [-0.1, -0.05) is 31.5 Å². The summed E-state index contributed by atoms with van der Waals surface area (Å²) in [5.41, 5.74) is -0.825. The van der Waals surface area contributed by atoms with Crippen LogP contribution in [-0.4, -0.2) is 108 Å². The predicted molar refractivity (Wildman–Crippen MR) is 178 cm³/mol. The van der Waals surface area contributed by atoms with Gasteiger partial charge in [0.05, 0.1) is 12.7 Å². The molecule has 270 valence electrons. The van der Waals surface area contributed by atoms with Crippen LogP contribution in [-0.2, 0) is 15.7 Å². The molecular formula is C36H45F4N7O3. The molecule has 2 aromatic carbocycles. The first-order chi connectivity index (χ1) is 24.1. The van der Waals surface area contributed by atoms with Gasteiger partial charge in [0, 0.05) is 82.0 Å². The van der Waals surface area contributed by atoms with Gasteiger partial charge in [-0.15, -0.1) is 5.10 Å². The predicted octanol–water partition coefficient (Wildman–Crippen LogP) is 5.55. The summed E-state index contributed by atoms with van der Waals surface area (Å²) in [7, 11) is 1.58. The van der Waals surface area contributed by atoms with Crippen molar-refractivity contribution in [1.29, 1.82) is 0 Å². The van der Waals surface area contributed by atoms with E-state index in [4.69, 9.17) is 9.47 Å². The molecule has 0 aliphatic carbocycles. The summed E-state index contributed by atoms with van der Waals surface area (Å²) in [4.78, 5) is 20.3. The Morgan fingerprint density at radius 3 is 2.42 bits per heavy atom. The van der Waals surface area contributed by atoms with Crippen LogP contribution in [0.1, 0.15) is 79.3 Å². The highest BCUT2D eigenvalue weighted by Gasteiger charge is 2.57. The van der Waals surface area contributed by atoms with Crippen LogP contribution in [0.3, 0.4) is 0 Å². The van der Waals surface area contributed by atoms with E-state index in [2.05, 4.69) is 25.5 Å². The summed E-state index contributed by atoms with van der Waals surface area (Å²) >= 11 is 0. The number of piperidine rings is 1. The molecule has 7 rings (SSSR count). The Kier molecular flexibility index (Phi) is 9.77. The zero-order valence-electron chi connectivity index (χ0n) is 28.5. The van der Waals surface area contributed by atoms with E-state index in [-0.39, 0.29) is 36.9 Å². The maximum Gasteiger partial charge on any atom is 0.416 e. The van der Waals surface area contributed by atoms with E-state index in [9.17, 15) is 18.0 Å². The summed E-state index contributed by atoms with van der Waals surface area (Å²) in [6.07, 6.45) is -0.877. The number of methoxy groups -OCH3 is 1. The minimum Gasteiger partial charge on any atom is -0.497 e. The summed E-state index contributed by atoms with van der Waals surface area (Å²) in [5, 5.41) is 14.2. The highest BCUT2D eigenvalue weighted by Crippen LogP contribution is 2.47. The fraction of sp³-hybridized carbons (Fsp3) is 0.611. The van der Waals surface area contributed by atoms with E-state index in [0.717, 1.165) is 30.0 Å². The van der Waals surface area contributed by atoms with Crippen molar-refractivity contribution in [2.24, 2.45) is 5.92 Å². The van der Waals surface area contributed by atoms with Crippen LogP contribution in [0.15, 0.2) is 42.5 Å². The van der Waals surface area contributed by atoms with Crippen molar-refractivity contribution in [2.45, 2.75) is 74.7 Å². The number of H-pyrrole nitrogens is 1. The van der Waals surface area contributed by atoms with Gasteiger partial charge in [0.25, 0.3) is 5.91 Å². The monoisotopic (exact) mass is 699 g/mol. The Bertz CT molecular complexity index is 1610. The van der Waals surface area contributed by atoms with Gasteiger partial charge in [-0.2, -0.15) is 13.2 Å². The number of alkyl halides is 4. The molecule has 14 heteroatoms. The Hall–Kier alpha value is -3.78. The van der Waals surface area contributed by atoms with Crippen molar-refractivity contribution in [2.75, 3.05) is 64.5 Å². The summed E-state index contributed by atoms with van der Waals surface area (Å²) < 4.78 is 70.8. The first kappa shape index (κ1) is 34.7. The quantitative estimate of drug-likeness (QED) is 0.306. The molecular weight excluding hydrogens is 654 g/mol. The average Bonchev–Trinajstić information content (AvgIpc) is 3.91. The van der Waals surface area contributed by atoms with Crippen molar-refractivity contribution in [3.63, 3.8) is 0 Å². The van der Waals surface area contributed by atoms with Gasteiger partial charge in [-0.05, 0) is 77.4 Å². The summed E-state index contributed by atoms with van der Waals surface area (Å²) in [5.74, 6) is -0.0697. The molecule has 3 aromatic rings. The lowest BCUT2D eigenvalue weighted by Crippen LogP contribution is -2.50. The third-order valence-electron chi connectivity index (χ3n) is 11.6. The van der Waals surface area contributed by atoms with Gasteiger partial charge in [0.1, 0.15) is 5.75 Å². The van der Waals surface area contributed by atoms with Crippen LogP contribution >= 0.6 is 0 Å². The lowest BCUT2D eigenvalue weighted by molar-refractivity contribution is -0.143. The third-order valence-corrected chi connectivity index (χ3v) is 11.6. The number of aromatic nitrogens is 4. The number of anilines is 1. The number of hydrogen-bond acceptors (Lipinski definition) is 8. The number of nitrogens with zero attached hydrogens (tertiary/aromatic N) is 6. The Morgan fingerprint density at radius 2 is 1.78 bits per heavy atom. The SMILES string of the molecule is CC[C@H]1CN(C(=O)[C@]2(F)CN(C3CCOCC3)C[C@H]2c2ccc(OC)cc2)C[C@@H]1c1ccc(C(F)(F)F)cc1N1CCC(c2nnn[nH]2)CC1. The molecule has 4 fully saturated rings. The maximum absolute atomic E-state index is 17.7.